The van der Waals surface area contributed by atoms with E-state index in [1.807, 2.05) is 0 Å². The van der Waals surface area contributed by atoms with Crippen LogP contribution in [-0.2, 0) is 4.74 Å². The maximum Gasteiger partial charge on any atom is 0.0603 e. The minimum absolute atomic E-state index is 0. The Morgan fingerprint density at radius 1 is 0.867 bits per heavy atom. The van der Waals surface area contributed by atoms with Gasteiger partial charge in [-0.3, -0.25) is 0 Å². The molecule has 0 atom stereocenters. The van der Waals surface area contributed by atoms with Gasteiger partial charge in [-0.05, 0) is 57.5 Å². The molecule has 0 spiro atoms. The van der Waals surface area contributed by atoms with Gasteiger partial charge in [-0.2, -0.15) is 0 Å². The van der Waals surface area contributed by atoms with Gasteiger partial charge in [0.15, 0.2) is 0 Å². The van der Waals surface area contributed by atoms with Gasteiger partial charge >= 0.3 is 0 Å². The first-order valence-electron chi connectivity index (χ1n) is 6.21. The van der Waals surface area contributed by atoms with E-state index in [1.165, 1.54) is 38.5 Å². The lowest BCUT2D eigenvalue weighted by Gasteiger charge is -2.32. The first-order valence-corrected chi connectivity index (χ1v) is 6.21. The normalized spacial score (nSPS) is 33.4. The van der Waals surface area contributed by atoms with Crippen LogP contribution < -0.4 is 5.32 Å². The molecule has 90 valence electrons. The predicted octanol–water partition coefficient (Wildman–Crippen LogP) is 2.76. The summed E-state index contributed by atoms with van der Waals surface area (Å²) >= 11 is 0. The molecular formula is C12H24ClNO. The largest absolute Gasteiger partial charge is 0.375 e. The Kier molecular flexibility index (Phi) is 5.95. The van der Waals surface area contributed by atoms with E-state index in [0.717, 1.165) is 19.0 Å². The smallest absolute Gasteiger partial charge is 0.0603 e. The zero-order valence-electron chi connectivity index (χ0n) is 9.71. The van der Waals surface area contributed by atoms with Gasteiger partial charge in [0.25, 0.3) is 0 Å². The summed E-state index contributed by atoms with van der Waals surface area (Å²) in [5.74, 6) is 0.933. The quantitative estimate of drug-likeness (QED) is 0.792. The Labute approximate surface area is 99.6 Å². The number of nitrogens with one attached hydrogen (secondary N) is 1. The molecule has 1 saturated heterocycles. The fraction of sp³-hybridized carbons (Fsp3) is 1.00. The van der Waals surface area contributed by atoms with Gasteiger partial charge in [-0.15, -0.1) is 12.4 Å². The van der Waals surface area contributed by atoms with Gasteiger partial charge in [0, 0.05) is 0 Å². The summed E-state index contributed by atoms with van der Waals surface area (Å²) < 4.78 is 6.14. The van der Waals surface area contributed by atoms with Crippen LogP contribution in [0.25, 0.3) is 0 Å². The zero-order valence-corrected chi connectivity index (χ0v) is 10.5. The lowest BCUT2D eigenvalue weighted by molar-refractivity contribution is -0.0470. The number of halogens is 1. The van der Waals surface area contributed by atoms with Crippen LogP contribution in [-0.4, -0.2) is 25.3 Å². The molecule has 1 aliphatic carbocycles. The molecule has 2 rings (SSSR count). The van der Waals surface area contributed by atoms with E-state index < -0.39 is 0 Å². The van der Waals surface area contributed by atoms with Crippen LogP contribution in [0.5, 0.6) is 0 Å². The summed E-state index contributed by atoms with van der Waals surface area (Å²) in [6.07, 6.45) is 8.89. The Hall–Kier alpha value is 0.210. The molecule has 15 heavy (non-hydrogen) atoms. The SMILES string of the molecule is CC1CCC(OC2CCNCC2)CC1.Cl. The van der Waals surface area contributed by atoms with E-state index in [1.54, 1.807) is 0 Å². The van der Waals surface area contributed by atoms with Crippen molar-refractivity contribution in [2.75, 3.05) is 13.1 Å². The standard InChI is InChI=1S/C12H23NO.ClH/c1-10-2-4-11(5-3-10)14-12-6-8-13-9-7-12;/h10-13H,2-9H2,1H3;1H. The molecule has 0 bridgehead atoms. The highest BCUT2D eigenvalue weighted by Crippen LogP contribution is 2.27. The fourth-order valence-corrected chi connectivity index (χ4v) is 2.57. The van der Waals surface area contributed by atoms with Crippen LogP contribution in [0.3, 0.4) is 0 Å². The van der Waals surface area contributed by atoms with Crippen molar-refractivity contribution >= 4 is 12.4 Å². The van der Waals surface area contributed by atoms with Crippen LogP contribution >= 0.6 is 12.4 Å². The number of hydrogen-bond donors (Lipinski definition) is 1. The van der Waals surface area contributed by atoms with Gasteiger partial charge in [0.05, 0.1) is 12.2 Å². The Morgan fingerprint density at radius 2 is 1.40 bits per heavy atom. The van der Waals surface area contributed by atoms with E-state index in [2.05, 4.69) is 12.2 Å². The molecule has 2 fully saturated rings. The van der Waals surface area contributed by atoms with Crippen molar-refractivity contribution < 1.29 is 4.74 Å². The van der Waals surface area contributed by atoms with Crippen LogP contribution in [0.4, 0.5) is 0 Å². The van der Waals surface area contributed by atoms with Crippen molar-refractivity contribution in [2.24, 2.45) is 5.92 Å². The number of piperidine rings is 1. The minimum atomic E-state index is 0. The molecular weight excluding hydrogens is 210 g/mol. The molecule has 3 heteroatoms. The average Bonchev–Trinajstić information content (AvgIpc) is 2.23. The second-order valence-corrected chi connectivity index (χ2v) is 4.97. The van der Waals surface area contributed by atoms with Gasteiger partial charge in [0.1, 0.15) is 0 Å². The first-order chi connectivity index (χ1) is 6.84. The third kappa shape index (κ3) is 4.29. The topological polar surface area (TPSA) is 21.3 Å². The van der Waals surface area contributed by atoms with Crippen molar-refractivity contribution in [1.82, 2.24) is 5.32 Å². The van der Waals surface area contributed by atoms with Crippen LogP contribution in [0.2, 0.25) is 0 Å². The Balaban J connectivity index is 0.00000112. The molecule has 2 nitrogen and oxygen atoms in total. The second-order valence-electron chi connectivity index (χ2n) is 4.97. The molecule has 0 radical (unpaired) electrons. The third-order valence-electron chi connectivity index (χ3n) is 3.63. The van der Waals surface area contributed by atoms with E-state index in [4.69, 9.17) is 4.74 Å². The molecule has 1 N–H and O–H groups in total. The van der Waals surface area contributed by atoms with Crippen molar-refractivity contribution in [3.8, 4) is 0 Å². The number of rotatable bonds is 2. The van der Waals surface area contributed by atoms with Crippen molar-refractivity contribution in [2.45, 2.75) is 57.7 Å². The third-order valence-corrected chi connectivity index (χ3v) is 3.63. The highest BCUT2D eigenvalue weighted by atomic mass is 35.5. The average molecular weight is 234 g/mol. The Bertz CT molecular complexity index is 163. The zero-order chi connectivity index (χ0) is 9.80. The summed E-state index contributed by atoms with van der Waals surface area (Å²) in [6, 6.07) is 0. The van der Waals surface area contributed by atoms with E-state index in [-0.39, 0.29) is 12.4 Å². The monoisotopic (exact) mass is 233 g/mol. The van der Waals surface area contributed by atoms with Crippen LogP contribution in [0.1, 0.15) is 45.4 Å². The number of ether oxygens (including phenoxy) is 1. The molecule has 0 amide bonds. The highest BCUT2D eigenvalue weighted by Gasteiger charge is 2.22. The first kappa shape index (κ1) is 13.3. The summed E-state index contributed by atoms with van der Waals surface area (Å²) in [5.41, 5.74) is 0. The molecule has 2 aliphatic rings. The summed E-state index contributed by atoms with van der Waals surface area (Å²) in [6.45, 7) is 4.66. The molecule has 0 aromatic carbocycles. The fourth-order valence-electron chi connectivity index (χ4n) is 2.57. The van der Waals surface area contributed by atoms with Gasteiger partial charge in [0.2, 0.25) is 0 Å². The van der Waals surface area contributed by atoms with Gasteiger partial charge in [-0.1, -0.05) is 6.92 Å². The van der Waals surface area contributed by atoms with Crippen LogP contribution in [0.15, 0.2) is 0 Å². The summed E-state index contributed by atoms with van der Waals surface area (Å²) in [7, 11) is 0. The van der Waals surface area contributed by atoms with Crippen LogP contribution in [0, 0.1) is 5.92 Å². The Morgan fingerprint density at radius 3 is 2.00 bits per heavy atom. The maximum atomic E-state index is 6.14. The van der Waals surface area contributed by atoms with E-state index >= 15 is 0 Å². The molecule has 1 aliphatic heterocycles. The number of hydrogen-bond acceptors (Lipinski definition) is 2. The van der Waals surface area contributed by atoms with Crippen molar-refractivity contribution in [1.29, 1.82) is 0 Å². The second kappa shape index (κ2) is 6.72. The summed E-state index contributed by atoms with van der Waals surface area (Å²) in [4.78, 5) is 0. The lowest BCUT2D eigenvalue weighted by Crippen LogP contribution is -2.35. The highest BCUT2D eigenvalue weighted by molar-refractivity contribution is 5.85. The maximum absolute atomic E-state index is 6.14. The van der Waals surface area contributed by atoms with Gasteiger partial charge in [-0.25, -0.2) is 0 Å². The summed E-state index contributed by atoms with van der Waals surface area (Å²) in [5, 5.41) is 3.38. The van der Waals surface area contributed by atoms with Crippen molar-refractivity contribution in [3.63, 3.8) is 0 Å². The molecule has 1 heterocycles. The molecule has 1 saturated carbocycles. The molecule has 0 aromatic heterocycles. The minimum Gasteiger partial charge on any atom is -0.375 e. The van der Waals surface area contributed by atoms with Gasteiger partial charge < -0.3 is 10.1 Å². The van der Waals surface area contributed by atoms with E-state index in [0.29, 0.717) is 12.2 Å². The van der Waals surface area contributed by atoms with E-state index in [9.17, 15) is 0 Å². The molecule has 0 aromatic rings. The lowest BCUT2D eigenvalue weighted by atomic mass is 9.89. The molecule has 0 unspecified atom stereocenters. The van der Waals surface area contributed by atoms with Crippen molar-refractivity contribution in [3.05, 3.63) is 0 Å². The predicted molar refractivity (Wildman–Crippen MR) is 65.6 cm³/mol.